The van der Waals surface area contributed by atoms with Crippen molar-refractivity contribution in [3.05, 3.63) is 82.5 Å². The molecule has 22 nitrogen and oxygen atoms in total. The van der Waals surface area contributed by atoms with Crippen LogP contribution >= 0.6 is 0 Å². The molecule has 2 saturated heterocycles. The molecule has 3 atom stereocenters. The minimum Gasteiger partial charge on any atom is -0.490 e. The summed E-state index contributed by atoms with van der Waals surface area (Å²) >= 11 is 0. The van der Waals surface area contributed by atoms with E-state index in [0.29, 0.717) is 96.9 Å². The summed E-state index contributed by atoms with van der Waals surface area (Å²) in [5.41, 5.74) is 3.90. The molecule has 3 aliphatic heterocycles. The Morgan fingerprint density at radius 1 is 0.685 bits per heavy atom. The summed E-state index contributed by atoms with van der Waals surface area (Å²) in [4.78, 5) is 79.4. The molecule has 3 unspecified atom stereocenters. The molecule has 4 aromatic heterocycles. The number of nitrogens with zero attached hydrogens (tertiary/aromatic N) is 9. The Balaban J connectivity index is 1.08. The van der Waals surface area contributed by atoms with E-state index in [1.165, 1.54) is 19.2 Å². The zero-order chi connectivity index (χ0) is 51.1. The third-order valence-electron chi connectivity index (χ3n) is 14.2. The molecule has 0 radical (unpaired) electrons. The molecule has 73 heavy (non-hydrogen) atoms. The molecule has 7 heterocycles. The predicted octanol–water partition coefficient (Wildman–Crippen LogP) is 5.36. The fraction of sp³-hybridized carbons (Fsp3) is 0.471. The lowest BCUT2D eigenvalue weighted by Gasteiger charge is -2.37. The number of carboxylic acids is 1. The van der Waals surface area contributed by atoms with E-state index in [-0.39, 0.29) is 96.6 Å². The first kappa shape index (κ1) is 49.0. The van der Waals surface area contributed by atoms with Gasteiger partial charge in [-0.15, -0.1) is 0 Å². The van der Waals surface area contributed by atoms with E-state index in [1.54, 1.807) is 45.1 Å². The molecule has 3 amide bonds. The van der Waals surface area contributed by atoms with Gasteiger partial charge in [0, 0.05) is 50.9 Å². The maximum absolute atomic E-state index is 14.3. The lowest BCUT2D eigenvalue weighted by Crippen LogP contribution is -2.52. The van der Waals surface area contributed by atoms with Gasteiger partial charge >= 0.3 is 11.9 Å². The fourth-order valence-corrected chi connectivity index (χ4v) is 10.6. The highest BCUT2D eigenvalue weighted by atomic mass is 16.5. The molecule has 4 aliphatic rings. The van der Waals surface area contributed by atoms with Crippen molar-refractivity contribution in [2.75, 3.05) is 44.0 Å². The minimum absolute atomic E-state index is 0.00528. The normalized spacial score (nSPS) is 21.6. The van der Waals surface area contributed by atoms with Crippen LogP contribution in [-0.2, 0) is 40.4 Å². The maximum Gasteiger partial charge on any atom is 0.335 e. The number of fused-ring (bicyclic) bond motifs is 2. The molecular formula is C51H60N12O10. The standard InChI is InChI=1S/C51H60N12O10/c1-6-62-39(18-28(3)57-62)46(65)55-50-53-37-20-31(45(64)52-33-12-10-30(11-13-33)49(69)70-5)22-41-43(37)60(50)16-8-9-17-61-44-38(54-51(61)56-47(66)40-19-29(4)58-63(40)7-2)21-32(48(67)68)23-42(44)72-27-34(26-71-41)59-24-35-14-15-36(25-59)73-35/h8-9,18-23,30,33-36H,6-7,10-17,24-27H2,1-5H3,(H,52,64)(H,67,68)(H,53,55,65)(H,54,56,66)/b9-8+/t30-,33-,34?,35?,36?. The summed E-state index contributed by atoms with van der Waals surface area (Å²) in [6.07, 6.45) is 7.94. The molecule has 10 rings (SSSR count). The van der Waals surface area contributed by atoms with E-state index in [1.807, 2.05) is 37.5 Å². The number of benzene rings is 2. The van der Waals surface area contributed by atoms with Crippen molar-refractivity contribution in [2.45, 2.75) is 117 Å². The molecule has 2 bridgehead atoms. The number of nitrogens with one attached hydrogen (secondary N) is 3. The van der Waals surface area contributed by atoms with Crippen LogP contribution in [0.15, 0.2) is 48.6 Å². The molecule has 2 aromatic carbocycles. The third-order valence-corrected chi connectivity index (χ3v) is 14.2. The first-order chi connectivity index (χ1) is 35.3. The van der Waals surface area contributed by atoms with E-state index in [0.717, 1.165) is 12.8 Å². The number of hydrogen-bond donors (Lipinski definition) is 4. The third kappa shape index (κ3) is 10.00. The van der Waals surface area contributed by atoms with Crippen molar-refractivity contribution in [3.8, 4) is 11.5 Å². The Labute approximate surface area is 420 Å². The molecule has 4 N–H and O–H groups in total. The fourth-order valence-electron chi connectivity index (χ4n) is 10.6. The monoisotopic (exact) mass is 1000 g/mol. The number of morpholine rings is 1. The van der Waals surface area contributed by atoms with Crippen LogP contribution in [0.25, 0.3) is 22.1 Å². The number of aromatic nitrogens is 8. The molecule has 1 saturated carbocycles. The van der Waals surface area contributed by atoms with Gasteiger partial charge in [0.2, 0.25) is 11.9 Å². The average Bonchev–Trinajstić information content (AvgIpc) is 4.21. The van der Waals surface area contributed by atoms with Crippen molar-refractivity contribution < 1.29 is 48.0 Å². The Bertz CT molecular complexity index is 3150. The van der Waals surface area contributed by atoms with Crippen molar-refractivity contribution in [2.24, 2.45) is 5.92 Å². The van der Waals surface area contributed by atoms with Gasteiger partial charge in [-0.2, -0.15) is 10.2 Å². The first-order valence-electron chi connectivity index (χ1n) is 25.0. The number of aromatic carboxylic acids is 1. The topological polar surface area (TPSA) is 253 Å². The lowest BCUT2D eigenvalue weighted by atomic mass is 9.86. The van der Waals surface area contributed by atoms with Gasteiger partial charge in [0.25, 0.3) is 17.7 Å². The molecular weight excluding hydrogens is 941 g/mol. The van der Waals surface area contributed by atoms with Gasteiger partial charge in [-0.05, 0) is 103 Å². The molecule has 3 fully saturated rings. The largest absolute Gasteiger partial charge is 0.490 e. The summed E-state index contributed by atoms with van der Waals surface area (Å²) in [7, 11) is 1.39. The van der Waals surface area contributed by atoms with Crippen molar-refractivity contribution in [3.63, 3.8) is 0 Å². The van der Waals surface area contributed by atoms with E-state index < -0.39 is 23.8 Å². The zero-order valence-corrected chi connectivity index (χ0v) is 41.6. The predicted molar refractivity (Wildman–Crippen MR) is 266 cm³/mol. The van der Waals surface area contributed by atoms with Gasteiger partial charge in [-0.25, -0.2) is 14.8 Å². The van der Waals surface area contributed by atoms with Crippen molar-refractivity contribution in [1.29, 1.82) is 0 Å². The molecule has 0 spiro atoms. The maximum atomic E-state index is 14.3. The summed E-state index contributed by atoms with van der Waals surface area (Å²) < 4.78 is 31.7. The van der Waals surface area contributed by atoms with Gasteiger partial charge in [0.05, 0.1) is 59.3 Å². The number of imidazole rings is 2. The number of carboxylic acid groups (broad SMARTS) is 1. The van der Waals surface area contributed by atoms with Gasteiger partial charge < -0.3 is 38.5 Å². The molecule has 6 aromatic rings. The highest BCUT2D eigenvalue weighted by Gasteiger charge is 2.38. The Kier molecular flexibility index (Phi) is 13.8. The second-order valence-electron chi connectivity index (χ2n) is 19.2. The van der Waals surface area contributed by atoms with Crippen LogP contribution in [0.2, 0.25) is 0 Å². The Hall–Kier alpha value is -7.59. The van der Waals surface area contributed by atoms with E-state index in [9.17, 15) is 29.1 Å². The van der Waals surface area contributed by atoms with E-state index in [4.69, 9.17) is 28.9 Å². The summed E-state index contributed by atoms with van der Waals surface area (Å²) in [5, 5.41) is 28.4. The highest BCUT2D eigenvalue weighted by molar-refractivity contribution is 6.05. The van der Waals surface area contributed by atoms with Crippen LogP contribution in [-0.4, -0.2) is 136 Å². The van der Waals surface area contributed by atoms with Gasteiger partial charge in [-0.3, -0.25) is 44.1 Å². The number of rotatable bonds is 11. The number of carbonyl (C=O) groups excluding carboxylic acids is 4. The number of aryl methyl sites for hydroxylation is 4. The van der Waals surface area contributed by atoms with Crippen molar-refractivity contribution >= 4 is 63.6 Å². The van der Waals surface area contributed by atoms with E-state index in [2.05, 4.69) is 31.0 Å². The number of amides is 3. The summed E-state index contributed by atoms with van der Waals surface area (Å²) in [6, 6.07) is 9.09. The average molecular weight is 1000 g/mol. The van der Waals surface area contributed by atoms with Gasteiger partial charge in [0.1, 0.15) is 47.1 Å². The quantitative estimate of drug-likeness (QED) is 0.0942. The Morgan fingerprint density at radius 2 is 1.19 bits per heavy atom. The van der Waals surface area contributed by atoms with Gasteiger partial charge in [-0.1, -0.05) is 12.2 Å². The first-order valence-corrected chi connectivity index (χ1v) is 25.0. The Morgan fingerprint density at radius 3 is 1.68 bits per heavy atom. The minimum atomic E-state index is -1.18. The number of ether oxygens (including phenoxy) is 4. The van der Waals surface area contributed by atoms with Crippen molar-refractivity contribution in [1.82, 2.24) is 48.9 Å². The SMILES string of the molecule is CCn1nc(C)cc1C(=O)Nc1nc2cc(C(=O)O)cc3c2n1C/C=C/Cn1c(NC(=O)c2cc(C)nn2CC)nc2cc(C(=O)N[C@H]4CC[C@H](C(=O)OC)CC4)cc(c21)OCC(N1CC2CCC(C1)O2)CO3. The lowest BCUT2D eigenvalue weighted by molar-refractivity contribution is -0.146. The molecule has 384 valence electrons. The van der Waals surface area contributed by atoms with Crippen LogP contribution in [0.3, 0.4) is 0 Å². The zero-order valence-electron chi connectivity index (χ0n) is 41.6. The second kappa shape index (κ2) is 20.5. The summed E-state index contributed by atoms with van der Waals surface area (Å²) in [5.74, 6) is -1.96. The van der Waals surface area contributed by atoms with Gasteiger partial charge in [0.15, 0.2) is 0 Å². The second-order valence-corrected chi connectivity index (χ2v) is 19.2. The molecule has 22 heteroatoms. The number of likely N-dealkylation sites (tertiary alicyclic amines) is 1. The summed E-state index contributed by atoms with van der Waals surface area (Å²) in [6.45, 7) is 9.90. The van der Waals surface area contributed by atoms with E-state index >= 15 is 0 Å². The number of esters is 1. The number of allylic oxidation sites excluding steroid dienone is 2. The number of carbonyl (C=O) groups is 5. The van der Waals surface area contributed by atoms with Crippen LogP contribution in [0.1, 0.15) is 105 Å². The number of hydrogen-bond acceptors (Lipinski definition) is 14. The van der Waals surface area contributed by atoms with Crippen LogP contribution < -0.4 is 25.4 Å². The van der Waals surface area contributed by atoms with Crippen LogP contribution in [0, 0.1) is 19.8 Å². The number of anilines is 2. The molecule has 1 aliphatic carbocycles. The van der Waals surface area contributed by atoms with Crippen LogP contribution in [0.5, 0.6) is 11.5 Å². The van der Waals surface area contributed by atoms with Crippen LogP contribution in [0.4, 0.5) is 11.9 Å². The highest BCUT2D eigenvalue weighted by Crippen LogP contribution is 2.36. The smallest absolute Gasteiger partial charge is 0.335 e. The number of methoxy groups -OCH3 is 1.